The number of phosphoric acid groups is 2. The van der Waals surface area contributed by atoms with Gasteiger partial charge in [0, 0.05) is 19.0 Å². The third-order valence-corrected chi connectivity index (χ3v) is 13.5. The molecule has 6 N–H and O–H groups in total. The highest BCUT2D eigenvalue weighted by Gasteiger charge is 2.46. The summed E-state index contributed by atoms with van der Waals surface area (Å²) >= 11 is 0. The van der Waals surface area contributed by atoms with Crippen molar-refractivity contribution in [2.45, 2.75) is 199 Å². The molecule has 0 aliphatic carbocycles. The van der Waals surface area contributed by atoms with Gasteiger partial charge in [0.15, 0.2) is 12.3 Å². The number of esters is 2. The maximum Gasteiger partial charge on any atom is 0.481 e. The van der Waals surface area contributed by atoms with Crippen LogP contribution < -0.4 is 11.4 Å². The molecule has 1 aliphatic heterocycles. The maximum atomic E-state index is 12.8. The number of phosphoric ester groups is 2. The quantitative estimate of drug-likeness (QED) is 0.0177. The Morgan fingerprint density at radius 3 is 1.78 bits per heavy atom. The predicted molar refractivity (Wildman–Crippen MR) is 261 cm³/mol. The lowest BCUT2D eigenvalue weighted by Gasteiger charge is -2.21. The number of nitrogens with zero attached hydrogens (tertiary/aromatic N) is 2. The lowest BCUT2D eigenvalue weighted by atomic mass is 10.0. The SMILES string of the molecule is CCCCCC=CCC=CCC=CCC=CCCCC(=O)O[C@H](COC(=O)CCCCCCCCCCCCCCC)COP(=O)(O)OP(=O)(O)OC[C@H]1O[C@@H](n2ccc(N)nc2=O)C(O)[C@H]1O. The molecule has 0 spiro atoms. The Hall–Kier alpha value is -3.28. The molecule has 2 rings (SSSR count). The Bertz CT molecular complexity index is 1820. The second-order valence-corrected chi connectivity index (χ2v) is 20.0. The Morgan fingerprint density at radius 2 is 1.21 bits per heavy atom. The first-order valence-electron chi connectivity index (χ1n) is 24.6. The molecule has 3 unspecified atom stereocenters. The zero-order chi connectivity index (χ0) is 49.9. The van der Waals surface area contributed by atoms with Gasteiger partial charge in [-0.05, 0) is 57.4 Å². The molecule has 388 valence electrons. The van der Waals surface area contributed by atoms with E-state index >= 15 is 0 Å². The number of unbranched alkanes of at least 4 members (excludes halogenated alkanes) is 16. The number of aliphatic hydroxyl groups is 2. The highest BCUT2D eigenvalue weighted by atomic mass is 31.3. The number of nitrogens with two attached hydrogens (primary N) is 1. The molecular formula is C48H81N3O15P2. The van der Waals surface area contributed by atoms with E-state index in [9.17, 15) is 43.5 Å². The second-order valence-electron chi connectivity index (χ2n) is 17.0. The van der Waals surface area contributed by atoms with Gasteiger partial charge in [0.2, 0.25) is 0 Å². The van der Waals surface area contributed by atoms with E-state index < -0.39 is 83.7 Å². The van der Waals surface area contributed by atoms with Gasteiger partial charge in [-0.2, -0.15) is 9.29 Å². The first-order valence-corrected chi connectivity index (χ1v) is 27.6. The normalized spacial score (nSPS) is 19.9. The minimum atomic E-state index is -5.43. The van der Waals surface area contributed by atoms with Crippen molar-refractivity contribution in [1.29, 1.82) is 0 Å². The predicted octanol–water partition coefficient (Wildman–Crippen LogP) is 9.78. The number of hydrogen-bond donors (Lipinski definition) is 5. The third kappa shape index (κ3) is 29.0. The van der Waals surface area contributed by atoms with Gasteiger partial charge in [-0.15, -0.1) is 0 Å². The van der Waals surface area contributed by atoms with Crippen molar-refractivity contribution < 1.29 is 66.3 Å². The van der Waals surface area contributed by atoms with E-state index in [2.05, 4.69) is 59.6 Å². The Balaban J connectivity index is 1.84. The van der Waals surface area contributed by atoms with Gasteiger partial charge < -0.3 is 39.9 Å². The fourth-order valence-electron chi connectivity index (χ4n) is 7.07. The lowest BCUT2D eigenvalue weighted by molar-refractivity contribution is -0.161. The largest absolute Gasteiger partial charge is 0.481 e. The van der Waals surface area contributed by atoms with Gasteiger partial charge in [0.05, 0.1) is 13.2 Å². The van der Waals surface area contributed by atoms with Crippen LogP contribution in [0.2, 0.25) is 0 Å². The van der Waals surface area contributed by atoms with Crippen molar-refractivity contribution in [1.82, 2.24) is 9.55 Å². The number of allylic oxidation sites excluding steroid dienone is 8. The van der Waals surface area contributed by atoms with E-state index in [1.165, 1.54) is 76.7 Å². The summed E-state index contributed by atoms with van der Waals surface area (Å²) in [5, 5.41) is 20.9. The maximum absolute atomic E-state index is 12.8. The summed E-state index contributed by atoms with van der Waals surface area (Å²) < 4.78 is 56.6. The van der Waals surface area contributed by atoms with Gasteiger partial charge >= 0.3 is 33.3 Å². The van der Waals surface area contributed by atoms with Crippen LogP contribution in [0, 0.1) is 0 Å². The molecule has 1 aliphatic rings. The molecule has 20 heteroatoms. The first kappa shape index (κ1) is 60.8. The number of ether oxygens (including phenoxy) is 3. The number of nitrogen functional groups attached to an aromatic ring is 1. The zero-order valence-electron chi connectivity index (χ0n) is 40.4. The summed E-state index contributed by atoms with van der Waals surface area (Å²) in [5.74, 6) is -1.36. The fourth-order valence-corrected chi connectivity index (χ4v) is 9.18. The number of hydrogen-bond acceptors (Lipinski definition) is 15. The van der Waals surface area contributed by atoms with Crippen molar-refractivity contribution in [3.8, 4) is 0 Å². The molecule has 1 fully saturated rings. The number of rotatable bonds is 40. The molecule has 1 saturated heterocycles. The van der Waals surface area contributed by atoms with Crippen LogP contribution in [0.1, 0.15) is 174 Å². The molecule has 0 saturated carbocycles. The molecule has 18 nitrogen and oxygen atoms in total. The monoisotopic (exact) mass is 1000 g/mol. The number of anilines is 1. The average Bonchev–Trinajstić information content (AvgIpc) is 3.57. The van der Waals surface area contributed by atoms with Crippen molar-refractivity contribution in [2.24, 2.45) is 0 Å². The highest BCUT2D eigenvalue weighted by Crippen LogP contribution is 2.60. The highest BCUT2D eigenvalue weighted by molar-refractivity contribution is 7.61. The van der Waals surface area contributed by atoms with Gasteiger partial charge in [-0.3, -0.25) is 23.2 Å². The van der Waals surface area contributed by atoms with Gasteiger partial charge in [0.1, 0.15) is 30.7 Å². The Kier molecular flexibility index (Phi) is 32.8. The van der Waals surface area contributed by atoms with Crippen LogP contribution in [0.4, 0.5) is 5.82 Å². The fraction of sp³-hybridized carbons (Fsp3) is 0.708. The van der Waals surface area contributed by atoms with Crippen LogP contribution in [-0.4, -0.2) is 85.7 Å². The molecular weight excluding hydrogens is 920 g/mol. The molecule has 0 aromatic carbocycles. The molecule has 7 atom stereocenters. The number of carbonyl (C=O) groups is 2. The topological polar surface area (TPSA) is 265 Å². The van der Waals surface area contributed by atoms with Crippen molar-refractivity contribution in [3.05, 3.63) is 71.4 Å². The molecule has 1 aromatic heterocycles. The van der Waals surface area contributed by atoms with E-state index in [4.69, 9.17) is 29.0 Å². The molecule has 0 bridgehead atoms. The molecule has 2 heterocycles. The molecule has 1 aromatic rings. The molecule has 0 amide bonds. The molecule has 68 heavy (non-hydrogen) atoms. The van der Waals surface area contributed by atoms with E-state index in [0.717, 1.165) is 62.1 Å². The van der Waals surface area contributed by atoms with E-state index in [1.807, 2.05) is 12.2 Å². The van der Waals surface area contributed by atoms with Crippen molar-refractivity contribution in [2.75, 3.05) is 25.6 Å². The summed E-state index contributed by atoms with van der Waals surface area (Å²) in [6.07, 6.45) is 33.5. The van der Waals surface area contributed by atoms with Crippen molar-refractivity contribution in [3.63, 3.8) is 0 Å². The summed E-state index contributed by atoms with van der Waals surface area (Å²) in [6, 6.07) is 1.24. The standard InChI is InChI=1S/C48H81N3O15P2/c1-3-5-7-9-11-13-15-17-18-19-20-22-24-26-28-30-32-34-44(53)64-40(37-61-43(52)33-31-29-27-25-23-21-16-14-12-10-8-6-4-2)38-62-67(57,58)66-68(59,60)63-39-41-45(54)46(55)47(65-41)51-36-35-42(49)50-48(51)56/h11,13,17-18,20,22,26,28,35-36,40-41,45-47,54-55H,3-10,12,14-16,19,21,23-25,27,29-34,37-39H2,1-2H3,(H,57,58)(H,59,60)(H2,49,50,56)/t40-,41-,45+,46?,47-/m1/s1. The summed E-state index contributed by atoms with van der Waals surface area (Å²) in [5.41, 5.74) is 4.58. The van der Waals surface area contributed by atoms with E-state index in [-0.39, 0.29) is 18.7 Å². The average molecular weight is 1000 g/mol. The number of aliphatic hydroxyl groups excluding tert-OH is 2. The van der Waals surface area contributed by atoms with Crippen LogP contribution in [0.15, 0.2) is 65.7 Å². The minimum Gasteiger partial charge on any atom is -0.462 e. The Morgan fingerprint density at radius 1 is 0.706 bits per heavy atom. The van der Waals surface area contributed by atoms with E-state index in [0.29, 0.717) is 19.3 Å². The van der Waals surface area contributed by atoms with Crippen LogP contribution in [-0.2, 0) is 46.3 Å². The van der Waals surface area contributed by atoms with Crippen LogP contribution >= 0.6 is 15.6 Å². The van der Waals surface area contributed by atoms with Crippen molar-refractivity contribution >= 4 is 33.4 Å². The van der Waals surface area contributed by atoms with Gasteiger partial charge in [-0.25, -0.2) is 13.9 Å². The second kappa shape index (κ2) is 36.6. The van der Waals surface area contributed by atoms with E-state index in [1.54, 1.807) is 0 Å². The summed E-state index contributed by atoms with van der Waals surface area (Å²) in [4.78, 5) is 61.8. The third-order valence-electron chi connectivity index (χ3n) is 10.9. The minimum absolute atomic E-state index is 0.0253. The molecule has 0 radical (unpaired) electrons. The smallest absolute Gasteiger partial charge is 0.462 e. The number of aromatic nitrogens is 2. The summed E-state index contributed by atoms with van der Waals surface area (Å²) in [7, 11) is -10.9. The van der Waals surface area contributed by atoms with Crippen LogP contribution in [0.25, 0.3) is 0 Å². The van der Waals surface area contributed by atoms with Crippen LogP contribution in [0.5, 0.6) is 0 Å². The van der Waals surface area contributed by atoms with Gasteiger partial charge in [-0.1, -0.05) is 152 Å². The first-order chi connectivity index (χ1) is 32.7. The summed E-state index contributed by atoms with van der Waals surface area (Å²) in [6.45, 7) is 2.07. The van der Waals surface area contributed by atoms with Gasteiger partial charge in [0.25, 0.3) is 0 Å². The zero-order valence-corrected chi connectivity index (χ0v) is 42.2. The van der Waals surface area contributed by atoms with Crippen LogP contribution in [0.3, 0.4) is 0 Å². The number of carbonyl (C=O) groups excluding carboxylic acids is 2. The lowest BCUT2D eigenvalue weighted by Crippen LogP contribution is -2.36. The Labute approximate surface area is 403 Å².